The lowest BCUT2D eigenvalue weighted by Gasteiger charge is -2.49. The van der Waals surface area contributed by atoms with Gasteiger partial charge in [-0.05, 0) is 16.7 Å². The third kappa shape index (κ3) is 4.92. The number of esters is 1. The number of nitrogens with zero attached hydrogens (tertiary/aromatic N) is 2. The molecule has 3 heterocycles. The summed E-state index contributed by atoms with van der Waals surface area (Å²) >= 11 is 8.53. The van der Waals surface area contributed by atoms with Crippen LogP contribution in [0.5, 0.6) is 0 Å². The molecule has 2 aromatic carbocycles. The fourth-order valence-corrected chi connectivity index (χ4v) is 6.46. The number of carbonyl (C=O) groups excluding carboxylic acids is 4. The SMILES string of the molecule is Nc1nc(C(=O)C(=O)N[C@@H]2C(=O)N3C(C(=O)OC(c4ccccc4)c4ccccc4)=C(CCl)CS[C@H]23)cs1. The topological polar surface area (TPSA) is 132 Å². The summed E-state index contributed by atoms with van der Waals surface area (Å²) in [6.07, 6.45) is -0.711. The van der Waals surface area contributed by atoms with Crippen LogP contribution in [0.25, 0.3) is 0 Å². The Hall–Kier alpha value is -3.67. The number of anilines is 1. The van der Waals surface area contributed by atoms with Crippen molar-refractivity contribution in [3.8, 4) is 0 Å². The zero-order chi connectivity index (χ0) is 26.8. The number of aromatic nitrogens is 1. The zero-order valence-electron chi connectivity index (χ0n) is 19.7. The normalized spacial score (nSPS) is 18.6. The number of alkyl halides is 1. The molecule has 38 heavy (non-hydrogen) atoms. The molecule has 2 atom stereocenters. The molecule has 1 aromatic heterocycles. The minimum Gasteiger partial charge on any atom is -0.448 e. The van der Waals surface area contributed by atoms with Crippen molar-refractivity contribution in [1.29, 1.82) is 0 Å². The van der Waals surface area contributed by atoms with E-state index in [2.05, 4.69) is 10.3 Å². The van der Waals surface area contributed by atoms with Gasteiger partial charge in [0, 0.05) is 17.0 Å². The number of Topliss-reactive ketones (excluding diaryl/α,β-unsaturated/α-hetero) is 1. The van der Waals surface area contributed by atoms with E-state index in [-0.39, 0.29) is 22.4 Å². The molecular weight excluding hydrogens is 548 g/mol. The summed E-state index contributed by atoms with van der Waals surface area (Å²) in [5.41, 5.74) is 7.60. The lowest BCUT2D eigenvalue weighted by atomic mass is 10.0. The third-order valence-electron chi connectivity index (χ3n) is 6.08. The van der Waals surface area contributed by atoms with E-state index in [0.29, 0.717) is 11.3 Å². The fourth-order valence-electron chi connectivity index (χ4n) is 4.24. The molecular formula is C26H21ClN4O5S2. The van der Waals surface area contributed by atoms with Crippen molar-refractivity contribution in [1.82, 2.24) is 15.2 Å². The average molecular weight is 569 g/mol. The highest BCUT2D eigenvalue weighted by atomic mass is 35.5. The zero-order valence-corrected chi connectivity index (χ0v) is 22.1. The van der Waals surface area contributed by atoms with Crippen LogP contribution in [0.15, 0.2) is 77.3 Å². The number of nitrogens with two attached hydrogens (primary N) is 1. The predicted octanol–water partition coefficient (Wildman–Crippen LogP) is 3.13. The van der Waals surface area contributed by atoms with Gasteiger partial charge in [0.25, 0.3) is 17.6 Å². The standard InChI is InChI=1S/C26H21ClN4O5S2/c27-11-16-12-37-24-18(30-22(33)20(32)17-13-38-26(28)29-17)23(34)31(24)19(16)25(35)36-21(14-7-3-1-4-8-14)15-9-5-2-6-10-15/h1-10,13,18,21,24H,11-12H2,(H2,28,29)(H,30,33)/t18-,24-/m1/s1. The molecule has 0 aliphatic carbocycles. The van der Waals surface area contributed by atoms with Crippen LogP contribution in [0.2, 0.25) is 0 Å². The van der Waals surface area contributed by atoms with Gasteiger partial charge in [0.05, 0.1) is 0 Å². The van der Waals surface area contributed by atoms with Crippen molar-refractivity contribution >= 4 is 63.4 Å². The molecule has 0 radical (unpaired) electrons. The predicted molar refractivity (Wildman–Crippen MR) is 144 cm³/mol. The number of halogens is 1. The first-order valence-electron chi connectivity index (χ1n) is 11.5. The summed E-state index contributed by atoms with van der Waals surface area (Å²) in [5, 5.41) is 3.41. The van der Waals surface area contributed by atoms with Gasteiger partial charge < -0.3 is 15.8 Å². The second kappa shape index (κ2) is 11.0. The van der Waals surface area contributed by atoms with Crippen LogP contribution < -0.4 is 11.1 Å². The number of carbonyl (C=O) groups is 4. The quantitative estimate of drug-likeness (QED) is 0.139. The van der Waals surface area contributed by atoms with Crippen LogP contribution in [0, 0.1) is 0 Å². The molecule has 3 aromatic rings. The number of amides is 2. The lowest BCUT2D eigenvalue weighted by molar-refractivity contribution is -0.154. The molecule has 2 amide bonds. The highest BCUT2D eigenvalue weighted by Gasteiger charge is 2.55. The van der Waals surface area contributed by atoms with Crippen molar-refractivity contribution in [2.24, 2.45) is 0 Å². The Morgan fingerprint density at radius 2 is 1.74 bits per heavy atom. The van der Waals surface area contributed by atoms with Gasteiger partial charge in [-0.3, -0.25) is 19.3 Å². The summed E-state index contributed by atoms with van der Waals surface area (Å²) in [6.45, 7) is 0. The van der Waals surface area contributed by atoms with Crippen LogP contribution >= 0.6 is 34.7 Å². The number of rotatable bonds is 8. The Bertz CT molecular complexity index is 1390. The highest BCUT2D eigenvalue weighted by molar-refractivity contribution is 8.00. The number of ether oxygens (including phenoxy) is 1. The minimum absolute atomic E-state index is 0.0238. The summed E-state index contributed by atoms with van der Waals surface area (Å²) in [6, 6.07) is 17.6. The number of nitrogen functional groups attached to an aromatic ring is 1. The minimum atomic E-state index is -0.994. The lowest BCUT2D eigenvalue weighted by Crippen LogP contribution is -2.71. The van der Waals surface area contributed by atoms with Crippen molar-refractivity contribution in [2.75, 3.05) is 17.4 Å². The Balaban J connectivity index is 1.36. The molecule has 194 valence electrons. The number of thiazole rings is 1. The van der Waals surface area contributed by atoms with Crippen molar-refractivity contribution < 1.29 is 23.9 Å². The number of hydrogen-bond acceptors (Lipinski definition) is 9. The van der Waals surface area contributed by atoms with Crippen molar-refractivity contribution in [3.63, 3.8) is 0 Å². The van der Waals surface area contributed by atoms with Crippen LogP contribution in [-0.2, 0) is 19.1 Å². The van der Waals surface area contributed by atoms with Gasteiger partial charge in [-0.1, -0.05) is 60.7 Å². The molecule has 0 spiro atoms. The second-order valence-corrected chi connectivity index (χ2v) is 10.7. The Kier molecular flexibility index (Phi) is 7.50. The summed E-state index contributed by atoms with van der Waals surface area (Å²) in [5.74, 6) is -2.72. The maximum absolute atomic E-state index is 13.6. The Morgan fingerprint density at radius 1 is 1.11 bits per heavy atom. The molecule has 12 heteroatoms. The maximum atomic E-state index is 13.6. The summed E-state index contributed by atoms with van der Waals surface area (Å²) in [7, 11) is 0. The van der Waals surface area contributed by atoms with Gasteiger partial charge in [0.2, 0.25) is 0 Å². The van der Waals surface area contributed by atoms with Crippen molar-refractivity contribution in [3.05, 3.63) is 94.1 Å². The van der Waals surface area contributed by atoms with E-state index in [1.807, 2.05) is 60.7 Å². The van der Waals surface area contributed by atoms with Crippen LogP contribution in [0.4, 0.5) is 5.13 Å². The fraction of sp³-hybridized carbons (Fsp3) is 0.192. The first-order chi connectivity index (χ1) is 18.4. The third-order valence-corrected chi connectivity index (χ3v) is 8.41. The van der Waals surface area contributed by atoms with Crippen molar-refractivity contribution in [2.45, 2.75) is 17.5 Å². The molecule has 2 aliphatic heterocycles. The molecule has 0 bridgehead atoms. The highest BCUT2D eigenvalue weighted by Crippen LogP contribution is 2.42. The second-order valence-electron chi connectivity index (χ2n) is 8.45. The van der Waals surface area contributed by atoms with E-state index in [4.69, 9.17) is 22.1 Å². The molecule has 9 nitrogen and oxygen atoms in total. The number of β-lactam (4-membered cyclic amide) rings is 1. The number of ketones is 1. The van der Waals surface area contributed by atoms with Gasteiger partial charge in [0.15, 0.2) is 11.2 Å². The van der Waals surface area contributed by atoms with Crippen LogP contribution in [0.1, 0.15) is 27.7 Å². The van der Waals surface area contributed by atoms with Gasteiger partial charge in [-0.25, -0.2) is 9.78 Å². The van der Waals surface area contributed by atoms with Gasteiger partial charge in [-0.2, -0.15) is 0 Å². The largest absolute Gasteiger partial charge is 0.448 e. The molecule has 1 fully saturated rings. The average Bonchev–Trinajstić information content (AvgIpc) is 3.39. The monoisotopic (exact) mass is 568 g/mol. The van der Waals surface area contributed by atoms with E-state index >= 15 is 0 Å². The van der Waals surface area contributed by atoms with Gasteiger partial charge in [-0.15, -0.1) is 34.7 Å². The van der Waals surface area contributed by atoms with Gasteiger partial charge >= 0.3 is 5.97 Å². The number of fused-ring (bicyclic) bond motifs is 1. The first-order valence-corrected chi connectivity index (χ1v) is 13.9. The molecule has 5 rings (SSSR count). The molecule has 0 unspecified atom stereocenters. The van der Waals surface area contributed by atoms with Crippen LogP contribution in [-0.4, -0.2) is 56.5 Å². The number of benzene rings is 2. The molecule has 0 saturated carbocycles. The summed E-state index contributed by atoms with van der Waals surface area (Å²) < 4.78 is 5.99. The van der Waals surface area contributed by atoms with E-state index in [1.54, 1.807) is 0 Å². The number of thioether (sulfide) groups is 1. The van der Waals surface area contributed by atoms with E-state index in [9.17, 15) is 19.2 Å². The Morgan fingerprint density at radius 3 is 2.29 bits per heavy atom. The number of nitrogens with one attached hydrogen (secondary N) is 1. The molecule has 2 aliphatic rings. The Labute approximate surface area is 231 Å². The maximum Gasteiger partial charge on any atom is 0.356 e. The summed E-state index contributed by atoms with van der Waals surface area (Å²) in [4.78, 5) is 56.8. The smallest absolute Gasteiger partial charge is 0.356 e. The van der Waals surface area contributed by atoms with Crippen LogP contribution in [0.3, 0.4) is 0 Å². The van der Waals surface area contributed by atoms with Gasteiger partial charge in [0.1, 0.15) is 22.8 Å². The molecule has 3 N–H and O–H groups in total. The van der Waals surface area contributed by atoms with E-state index in [0.717, 1.165) is 22.5 Å². The number of hydrogen-bond donors (Lipinski definition) is 2. The molecule has 1 saturated heterocycles. The van der Waals surface area contributed by atoms with E-state index in [1.165, 1.54) is 22.0 Å². The first kappa shape index (κ1) is 26.0. The van der Waals surface area contributed by atoms with E-state index < -0.39 is 41.1 Å².